The Morgan fingerprint density at radius 2 is 1.90 bits per heavy atom. The van der Waals surface area contributed by atoms with E-state index in [0.717, 1.165) is 11.3 Å². The number of carbonyl (C=O) groups excluding carboxylic acids is 1. The van der Waals surface area contributed by atoms with Gasteiger partial charge in [0.1, 0.15) is 23.3 Å². The first-order chi connectivity index (χ1) is 10.0. The van der Waals surface area contributed by atoms with Crippen molar-refractivity contribution in [3.05, 3.63) is 46.9 Å². The summed E-state index contributed by atoms with van der Waals surface area (Å²) < 4.78 is 10.6. The van der Waals surface area contributed by atoms with Crippen LogP contribution in [0.4, 0.5) is 5.69 Å². The fraction of sp³-hybridized carbons (Fsp3) is 0.250. The standard InChI is InChI=1S/C16H16N2O3/c1-10-11(2)21-12(3)15(10)16(19)18-13-4-6-14(7-5-13)20-9-8-17/h4-7H,9H2,1-3H3,(H,18,19). The Morgan fingerprint density at radius 1 is 1.24 bits per heavy atom. The van der Waals surface area contributed by atoms with Gasteiger partial charge in [-0.25, -0.2) is 0 Å². The lowest BCUT2D eigenvalue weighted by atomic mass is 10.1. The molecule has 2 aromatic rings. The molecule has 5 heteroatoms. The van der Waals surface area contributed by atoms with E-state index in [1.807, 2.05) is 19.9 Å². The number of furan rings is 1. The van der Waals surface area contributed by atoms with Crippen LogP contribution in [0.2, 0.25) is 0 Å². The first kappa shape index (κ1) is 14.7. The molecule has 0 aliphatic rings. The number of benzene rings is 1. The van der Waals surface area contributed by atoms with Gasteiger partial charge in [-0.2, -0.15) is 5.26 Å². The van der Waals surface area contributed by atoms with Gasteiger partial charge in [0.25, 0.3) is 5.91 Å². The Hall–Kier alpha value is -2.74. The largest absolute Gasteiger partial charge is 0.479 e. The lowest BCUT2D eigenvalue weighted by Crippen LogP contribution is -2.13. The Labute approximate surface area is 123 Å². The molecular formula is C16H16N2O3. The van der Waals surface area contributed by atoms with Gasteiger partial charge in [-0.05, 0) is 45.0 Å². The molecule has 0 unspecified atom stereocenters. The number of nitrogens with one attached hydrogen (secondary N) is 1. The van der Waals surface area contributed by atoms with Crippen LogP contribution in [0.3, 0.4) is 0 Å². The number of aryl methyl sites for hydroxylation is 2. The maximum Gasteiger partial charge on any atom is 0.259 e. The molecule has 0 bridgehead atoms. The van der Waals surface area contributed by atoms with E-state index in [-0.39, 0.29) is 12.5 Å². The van der Waals surface area contributed by atoms with Crippen LogP contribution >= 0.6 is 0 Å². The Balaban J connectivity index is 2.11. The fourth-order valence-electron chi connectivity index (χ4n) is 2.07. The number of ether oxygens (including phenoxy) is 1. The zero-order chi connectivity index (χ0) is 15.4. The van der Waals surface area contributed by atoms with Gasteiger partial charge in [-0.1, -0.05) is 0 Å². The predicted octanol–water partition coefficient (Wildman–Crippen LogP) is 3.36. The van der Waals surface area contributed by atoms with Crippen LogP contribution in [0, 0.1) is 32.1 Å². The maximum absolute atomic E-state index is 12.3. The molecule has 0 radical (unpaired) electrons. The predicted molar refractivity (Wildman–Crippen MR) is 78.4 cm³/mol. The van der Waals surface area contributed by atoms with Gasteiger partial charge in [0, 0.05) is 11.3 Å². The highest BCUT2D eigenvalue weighted by molar-refractivity contribution is 6.06. The number of carbonyl (C=O) groups is 1. The van der Waals surface area contributed by atoms with Crippen LogP contribution in [0.15, 0.2) is 28.7 Å². The summed E-state index contributed by atoms with van der Waals surface area (Å²) in [5, 5.41) is 11.3. The second-order valence-electron chi connectivity index (χ2n) is 4.64. The van der Waals surface area contributed by atoms with E-state index in [0.29, 0.717) is 22.8 Å². The zero-order valence-corrected chi connectivity index (χ0v) is 12.2. The maximum atomic E-state index is 12.3. The topological polar surface area (TPSA) is 75.3 Å². The van der Waals surface area contributed by atoms with E-state index in [9.17, 15) is 4.79 Å². The fourth-order valence-corrected chi connectivity index (χ4v) is 2.07. The van der Waals surface area contributed by atoms with Crippen molar-refractivity contribution in [1.29, 1.82) is 5.26 Å². The summed E-state index contributed by atoms with van der Waals surface area (Å²) in [5.41, 5.74) is 2.07. The van der Waals surface area contributed by atoms with Crippen molar-refractivity contribution in [3.8, 4) is 11.8 Å². The molecule has 0 saturated heterocycles. The third-order valence-electron chi connectivity index (χ3n) is 3.20. The highest BCUT2D eigenvalue weighted by atomic mass is 16.5. The minimum atomic E-state index is -0.201. The number of anilines is 1. The van der Waals surface area contributed by atoms with E-state index in [2.05, 4.69) is 5.32 Å². The molecule has 1 heterocycles. The van der Waals surface area contributed by atoms with Gasteiger partial charge in [0.2, 0.25) is 0 Å². The molecule has 1 aromatic heterocycles. The average molecular weight is 284 g/mol. The van der Waals surface area contributed by atoms with Crippen LogP contribution < -0.4 is 10.1 Å². The molecule has 0 spiro atoms. The summed E-state index contributed by atoms with van der Waals surface area (Å²) in [6, 6.07) is 8.75. The van der Waals surface area contributed by atoms with Crippen LogP contribution in [-0.2, 0) is 0 Å². The lowest BCUT2D eigenvalue weighted by Gasteiger charge is -2.07. The summed E-state index contributed by atoms with van der Waals surface area (Å²) in [5.74, 6) is 1.74. The lowest BCUT2D eigenvalue weighted by molar-refractivity contribution is 0.102. The van der Waals surface area contributed by atoms with Crippen molar-refractivity contribution in [3.63, 3.8) is 0 Å². The third kappa shape index (κ3) is 3.23. The minimum Gasteiger partial charge on any atom is -0.479 e. The van der Waals surface area contributed by atoms with Crippen molar-refractivity contribution < 1.29 is 13.9 Å². The minimum absolute atomic E-state index is 0.00160. The van der Waals surface area contributed by atoms with Crippen LogP contribution in [0.1, 0.15) is 27.4 Å². The molecule has 0 aliphatic carbocycles. The SMILES string of the molecule is Cc1oc(C)c(C(=O)Nc2ccc(OCC#N)cc2)c1C. The van der Waals surface area contributed by atoms with Gasteiger partial charge in [-0.15, -0.1) is 0 Å². The molecule has 21 heavy (non-hydrogen) atoms. The van der Waals surface area contributed by atoms with E-state index in [1.54, 1.807) is 31.2 Å². The summed E-state index contributed by atoms with van der Waals surface area (Å²) in [6.07, 6.45) is 0. The van der Waals surface area contributed by atoms with E-state index in [1.165, 1.54) is 0 Å². The number of rotatable bonds is 4. The second-order valence-corrected chi connectivity index (χ2v) is 4.64. The van der Waals surface area contributed by atoms with E-state index < -0.39 is 0 Å². The number of hydrogen-bond donors (Lipinski definition) is 1. The van der Waals surface area contributed by atoms with Crippen LogP contribution in [-0.4, -0.2) is 12.5 Å². The third-order valence-corrected chi connectivity index (χ3v) is 3.20. The van der Waals surface area contributed by atoms with Crippen molar-refractivity contribution in [2.75, 3.05) is 11.9 Å². The second kappa shape index (κ2) is 6.14. The molecule has 1 aromatic carbocycles. The zero-order valence-electron chi connectivity index (χ0n) is 12.2. The molecule has 0 fully saturated rings. The molecular weight excluding hydrogens is 268 g/mol. The van der Waals surface area contributed by atoms with Crippen molar-refractivity contribution in [2.45, 2.75) is 20.8 Å². The number of amides is 1. The molecule has 2 rings (SSSR count). The van der Waals surface area contributed by atoms with E-state index >= 15 is 0 Å². The average Bonchev–Trinajstić information content (AvgIpc) is 2.71. The Morgan fingerprint density at radius 3 is 2.43 bits per heavy atom. The van der Waals surface area contributed by atoms with E-state index in [4.69, 9.17) is 14.4 Å². The van der Waals surface area contributed by atoms with Gasteiger partial charge in [0.05, 0.1) is 5.56 Å². The number of nitrogens with zero attached hydrogens (tertiary/aromatic N) is 1. The first-order valence-electron chi connectivity index (χ1n) is 6.50. The normalized spacial score (nSPS) is 10.0. The van der Waals surface area contributed by atoms with Crippen molar-refractivity contribution in [1.82, 2.24) is 0 Å². The molecule has 0 saturated carbocycles. The highest BCUT2D eigenvalue weighted by Crippen LogP contribution is 2.22. The summed E-state index contributed by atoms with van der Waals surface area (Å²) >= 11 is 0. The van der Waals surface area contributed by atoms with Crippen molar-refractivity contribution >= 4 is 11.6 Å². The first-order valence-corrected chi connectivity index (χ1v) is 6.50. The highest BCUT2D eigenvalue weighted by Gasteiger charge is 2.18. The molecule has 5 nitrogen and oxygen atoms in total. The summed E-state index contributed by atoms with van der Waals surface area (Å²) in [6.45, 7) is 5.46. The Bertz CT molecular complexity index is 694. The smallest absolute Gasteiger partial charge is 0.259 e. The molecule has 1 amide bonds. The monoisotopic (exact) mass is 284 g/mol. The molecule has 108 valence electrons. The quantitative estimate of drug-likeness (QED) is 0.934. The summed E-state index contributed by atoms with van der Waals surface area (Å²) in [7, 11) is 0. The van der Waals surface area contributed by atoms with Crippen molar-refractivity contribution in [2.24, 2.45) is 0 Å². The van der Waals surface area contributed by atoms with Gasteiger partial charge < -0.3 is 14.5 Å². The van der Waals surface area contributed by atoms with Gasteiger partial charge in [0.15, 0.2) is 6.61 Å². The number of hydrogen-bond acceptors (Lipinski definition) is 4. The van der Waals surface area contributed by atoms with Gasteiger partial charge >= 0.3 is 0 Å². The number of nitriles is 1. The molecule has 1 N–H and O–H groups in total. The van der Waals surface area contributed by atoms with Crippen LogP contribution in [0.25, 0.3) is 0 Å². The van der Waals surface area contributed by atoms with Gasteiger partial charge in [-0.3, -0.25) is 4.79 Å². The molecule has 0 aliphatic heterocycles. The Kier molecular flexibility index (Phi) is 4.29. The molecule has 0 atom stereocenters. The summed E-state index contributed by atoms with van der Waals surface area (Å²) in [4.78, 5) is 12.3. The van der Waals surface area contributed by atoms with Crippen LogP contribution in [0.5, 0.6) is 5.75 Å².